The van der Waals surface area contributed by atoms with E-state index in [1.54, 1.807) is 0 Å². The van der Waals surface area contributed by atoms with E-state index in [4.69, 9.17) is 4.74 Å². The first-order chi connectivity index (χ1) is 14.5. The van der Waals surface area contributed by atoms with E-state index >= 15 is 0 Å². The lowest BCUT2D eigenvalue weighted by atomic mass is 9.98. The van der Waals surface area contributed by atoms with E-state index in [1.807, 2.05) is 40.8 Å². The van der Waals surface area contributed by atoms with Gasteiger partial charge in [-0.15, -0.1) is 10.2 Å². The fourth-order valence-electron chi connectivity index (χ4n) is 4.17. The minimum absolute atomic E-state index is 0.177. The van der Waals surface area contributed by atoms with Crippen LogP contribution in [0, 0.1) is 0 Å². The second kappa shape index (κ2) is 9.08. The van der Waals surface area contributed by atoms with Crippen LogP contribution in [-0.4, -0.2) is 43.4 Å². The molecule has 6 nitrogen and oxygen atoms in total. The minimum atomic E-state index is 0.177. The Morgan fingerprint density at radius 3 is 2.63 bits per heavy atom. The molecule has 30 heavy (non-hydrogen) atoms. The normalized spacial score (nSPS) is 19.2. The molecule has 0 aliphatic carbocycles. The van der Waals surface area contributed by atoms with Crippen molar-refractivity contribution < 1.29 is 9.53 Å². The van der Waals surface area contributed by atoms with Gasteiger partial charge in [-0.05, 0) is 44.6 Å². The topological polar surface area (TPSA) is 60.3 Å². The highest BCUT2D eigenvalue weighted by Crippen LogP contribution is 2.27. The Morgan fingerprint density at radius 1 is 1.10 bits per heavy atom. The number of aromatic nitrogens is 3. The van der Waals surface area contributed by atoms with Gasteiger partial charge in [0.25, 0.3) is 0 Å². The Kier molecular flexibility index (Phi) is 6.27. The third-order valence-electron chi connectivity index (χ3n) is 5.84. The molecule has 2 atom stereocenters. The summed E-state index contributed by atoms with van der Waals surface area (Å²) in [6.07, 6.45) is 3.36. The van der Waals surface area contributed by atoms with Crippen LogP contribution in [0.3, 0.4) is 0 Å². The van der Waals surface area contributed by atoms with E-state index in [-0.39, 0.29) is 5.91 Å². The van der Waals surface area contributed by atoms with Crippen molar-refractivity contribution in [2.75, 3.05) is 5.75 Å². The van der Waals surface area contributed by atoms with Gasteiger partial charge in [0.2, 0.25) is 5.91 Å². The van der Waals surface area contributed by atoms with Crippen LogP contribution in [0.2, 0.25) is 0 Å². The monoisotopic (exact) mass is 424 g/mol. The maximum atomic E-state index is 12.8. The molecule has 0 bridgehead atoms. The summed E-state index contributed by atoms with van der Waals surface area (Å²) in [7, 11) is 1.92. The van der Waals surface area contributed by atoms with Gasteiger partial charge in [0, 0.05) is 24.5 Å². The Hall–Kier alpha value is -2.54. The molecule has 4 rings (SSSR count). The molecule has 1 saturated heterocycles. The van der Waals surface area contributed by atoms with Gasteiger partial charge < -0.3 is 14.2 Å². The van der Waals surface area contributed by atoms with Crippen molar-refractivity contribution in [3.05, 3.63) is 48.3 Å². The van der Waals surface area contributed by atoms with E-state index in [1.165, 1.54) is 18.2 Å². The lowest BCUT2D eigenvalue weighted by molar-refractivity contribution is -0.134. The molecule has 0 spiro atoms. The number of carbonyl (C=O) groups excluding carboxylic acids is 1. The number of hydrogen-bond donors (Lipinski definition) is 0. The quantitative estimate of drug-likeness (QED) is 0.548. The molecule has 1 amide bonds. The van der Waals surface area contributed by atoms with Gasteiger partial charge in [0.1, 0.15) is 12.4 Å². The second-order valence-corrected chi connectivity index (χ2v) is 8.88. The van der Waals surface area contributed by atoms with Crippen LogP contribution in [0.1, 0.15) is 38.9 Å². The number of rotatable bonds is 6. The lowest BCUT2D eigenvalue weighted by Gasteiger charge is -2.39. The number of amides is 1. The van der Waals surface area contributed by atoms with Gasteiger partial charge in [-0.1, -0.05) is 48.2 Å². The molecule has 0 N–H and O–H groups in total. The van der Waals surface area contributed by atoms with Crippen LogP contribution in [0.15, 0.2) is 47.6 Å². The highest BCUT2D eigenvalue weighted by atomic mass is 32.2. The number of hydrogen-bond acceptors (Lipinski definition) is 5. The van der Waals surface area contributed by atoms with Gasteiger partial charge in [0.15, 0.2) is 11.0 Å². The molecule has 0 unspecified atom stereocenters. The van der Waals surface area contributed by atoms with Gasteiger partial charge >= 0.3 is 0 Å². The molecular weight excluding hydrogens is 396 g/mol. The van der Waals surface area contributed by atoms with E-state index in [9.17, 15) is 4.79 Å². The summed E-state index contributed by atoms with van der Waals surface area (Å²) in [5.41, 5.74) is 0. The largest absolute Gasteiger partial charge is 0.485 e. The maximum Gasteiger partial charge on any atom is 0.233 e. The van der Waals surface area contributed by atoms with Crippen molar-refractivity contribution >= 4 is 28.4 Å². The Balaban J connectivity index is 1.38. The van der Waals surface area contributed by atoms with Crippen LogP contribution in [0.4, 0.5) is 0 Å². The Labute approximate surface area is 181 Å². The number of thioether (sulfide) groups is 1. The SMILES string of the molecule is C[C@@H]1CCC[C@@H](C)N1C(=O)CSc1nnc(COc2cccc3ccccc23)n1C. The predicted molar refractivity (Wildman–Crippen MR) is 120 cm³/mol. The number of ether oxygens (including phenoxy) is 1. The van der Waals surface area contributed by atoms with Crippen molar-refractivity contribution in [1.82, 2.24) is 19.7 Å². The summed E-state index contributed by atoms with van der Waals surface area (Å²) in [5.74, 6) is 2.12. The summed E-state index contributed by atoms with van der Waals surface area (Å²) in [5, 5.41) is 11.5. The third kappa shape index (κ3) is 4.31. The maximum absolute atomic E-state index is 12.8. The number of fused-ring (bicyclic) bond motifs is 1. The number of piperidine rings is 1. The molecule has 2 aromatic carbocycles. The fourth-order valence-corrected chi connectivity index (χ4v) is 4.97. The van der Waals surface area contributed by atoms with Crippen molar-refractivity contribution in [2.24, 2.45) is 7.05 Å². The summed E-state index contributed by atoms with van der Waals surface area (Å²) >= 11 is 1.44. The molecule has 3 aromatic rings. The molecule has 1 aliphatic heterocycles. The third-order valence-corrected chi connectivity index (χ3v) is 6.84. The van der Waals surface area contributed by atoms with E-state index < -0.39 is 0 Å². The number of likely N-dealkylation sites (tertiary alicyclic amines) is 1. The predicted octanol–water partition coefficient (Wildman–Crippen LogP) is 4.43. The highest BCUT2D eigenvalue weighted by Gasteiger charge is 2.29. The van der Waals surface area contributed by atoms with Gasteiger partial charge in [-0.3, -0.25) is 4.79 Å². The average molecular weight is 425 g/mol. The fraction of sp³-hybridized carbons (Fsp3) is 0.435. The molecule has 1 aliphatic rings. The second-order valence-electron chi connectivity index (χ2n) is 7.94. The van der Waals surface area contributed by atoms with Crippen LogP contribution >= 0.6 is 11.8 Å². The van der Waals surface area contributed by atoms with E-state index in [2.05, 4.69) is 42.2 Å². The van der Waals surface area contributed by atoms with E-state index in [0.717, 1.165) is 40.3 Å². The van der Waals surface area contributed by atoms with Gasteiger partial charge in [0.05, 0.1) is 5.75 Å². The molecule has 2 heterocycles. The molecular formula is C23H28N4O2S. The van der Waals surface area contributed by atoms with Gasteiger partial charge in [-0.25, -0.2) is 0 Å². The van der Waals surface area contributed by atoms with Crippen LogP contribution in [-0.2, 0) is 18.4 Å². The van der Waals surface area contributed by atoms with Crippen molar-refractivity contribution in [2.45, 2.75) is 57.0 Å². The number of carbonyl (C=O) groups is 1. The minimum Gasteiger partial charge on any atom is -0.485 e. The smallest absolute Gasteiger partial charge is 0.233 e. The standard InChI is InChI=1S/C23H28N4O2S/c1-16-8-6-9-17(2)27(16)22(28)15-30-23-25-24-21(26(23)3)14-29-20-13-7-11-18-10-4-5-12-19(18)20/h4-5,7,10-13,16-17H,6,8-9,14-15H2,1-3H3/t16-,17-/m1/s1. The van der Waals surface area contributed by atoms with Crippen LogP contribution in [0.5, 0.6) is 5.75 Å². The summed E-state index contributed by atoms with van der Waals surface area (Å²) in [6, 6.07) is 14.8. The summed E-state index contributed by atoms with van der Waals surface area (Å²) in [4.78, 5) is 14.8. The molecule has 7 heteroatoms. The summed E-state index contributed by atoms with van der Waals surface area (Å²) < 4.78 is 7.95. The average Bonchev–Trinajstić information content (AvgIpc) is 3.10. The van der Waals surface area contributed by atoms with Crippen LogP contribution < -0.4 is 4.74 Å². The number of benzene rings is 2. The first kappa shape index (κ1) is 20.7. The lowest BCUT2D eigenvalue weighted by Crippen LogP contribution is -2.48. The molecule has 1 aromatic heterocycles. The van der Waals surface area contributed by atoms with Gasteiger partial charge in [-0.2, -0.15) is 0 Å². The Bertz CT molecular complexity index is 1020. The molecule has 158 valence electrons. The molecule has 0 radical (unpaired) electrons. The van der Waals surface area contributed by atoms with Crippen molar-refractivity contribution in [1.29, 1.82) is 0 Å². The molecule has 0 saturated carbocycles. The van der Waals surface area contributed by atoms with Crippen LogP contribution in [0.25, 0.3) is 10.8 Å². The zero-order valence-corrected chi connectivity index (χ0v) is 18.6. The number of nitrogens with zero attached hydrogens (tertiary/aromatic N) is 4. The van der Waals surface area contributed by atoms with Crippen molar-refractivity contribution in [3.8, 4) is 5.75 Å². The first-order valence-corrected chi connectivity index (χ1v) is 11.5. The first-order valence-electron chi connectivity index (χ1n) is 10.5. The highest BCUT2D eigenvalue weighted by molar-refractivity contribution is 7.99. The summed E-state index contributed by atoms with van der Waals surface area (Å²) in [6.45, 7) is 4.61. The Morgan fingerprint density at radius 2 is 1.83 bits per heavy atom. The zero-order valence-electron chi connectivity index (χ0n) is 17.7. The molecule has 1 fully saturated rings. The zero-order chi connectivity index (χ0) is 21.1. The van der Waals surface area contributed by atoms with Crippen molar-refractivity contribution in [3.63, 3.8) is 0 Å². The van der Waals surface area contributed by atoms with E-state index in [0.29, 0.717) is 24.4 Å².